The van der Waals surface area contributed by atoms with E-state index in [0.29, 0.717) is 12.0 Å². The zero-order valence-corrected chi connectivity index (χ0v) is 19.9. The van der Waals surface area contributed by atoms with Crippen LogP contribution in [0.1, 0.15) is 110 Å². The maximum Gasteiger partial charge on any atom is 0.205 e. The second kappa shape index (κ2) is 9.63. The maximum atomic E-state index is 6.88. The highest BCUT2D eigenvalue weighted by Gasteiger charge is 2.51. The molecule has 3 aliphatic carbocycles. The van der Waals surface area contributed by atoms with Crippen molar-refractivity contribution in [2.45, 2.75) is 117 Å². The second-order valence-corrected chi connectivity index (χ2v) is 11.2. The lowest BCUT2D eigenvalue weighted by Gasteiger charge is -2.53. The van der Waals surface area contributed by atoms with Gasteiger partial charge in [0.05, 0.1) is 6.10 Å². The average molecular weight is 413 g/mol. The summed E-state index contributed by atoms with van der Waals surface area (Å²) < 4.78 is 13.7. The fourth-order valence-electron chi connectivity index (χ4n) is 6.98. The zero-order valence-electron chi connectivity index (χ0n) is 19.9. The standard InChI is InChI=1S/C28H44O2/c1-5-22(4)24-11-13-26(14-12-24)30-27(29-25-9-7-6-8-10-25)28-17-20(2)15-23(19-28)16-21(3)18-28/h11-14,20-23,25,27H,5-10,15-19H2,1-4H3. The van der Waals surface area contributed by atoms with Crippen molar-refractivity contribution < 1.29 is 9.47 Å². The van der Waals surface area contributed by atoms with Crippen LogP contribution in [0.4, 0.5) is 0 Å². The van der Waals surface area contributed by atoms with E-state index >= 15 is 0 Å². The Morgan fingerprint density at radius 1 is 0.933 bits per heavy atom. The Morgan fingerprint density at radius 3 is 2.17 bits per heavy atom. The average Bonchev–Trinajstić information content (AvgIpc) is 2.73. The van der Waals surface area contributed by atoms with Crippen LogP contribution in [0.3, 0.4) is 0 Å². The largest absolute Gasteiger partial charge is 0.464 e. The van der Waals surface area contributed by atoms with E-state index in [1.807, 2.05) is 0 Å². The molecule has 0 N–H and O–H groups in total. The summed E-state index contributed by atoms with van der Waals surface area (Å²) in [6.45, 7) is 9.47. The van der Waals surface area contributed by atoms with Gasteiger partial charge in [-0.05, 0) is 92.7 Å². The van der Waals surface area contributed by atoms with Gasteiger partial charge in [0.25, 0.3) is 0 Å². The Morgan fingerprint density at radius 2 is 1.57 bits per heavy atom. The molecule has 0 saturated heterocycles. The highest BCUT2D eigenvalue weighted by molar-refractivity contribution is 5.29. The van der Waals surface area contributed by atoms with Crippen molar-refractivity contribution in [3.05, 3.63) is 29.8 Å². The predicted octanol–water partition coefficient (Wildman–Crippen LogP) is 8.11. The van der Waals surface area contributed by atoms with Gasteiger partial charge in [-0.3, -0.25) is 0 Å². The molecule has 30 heavy (non-hydrogen) atoms. The van der Waals surface area contributed by atoms with Gasteiger partial charge >= 0.3 is 0 Å². The molecule has 4 unspecified atom stereocenters. The molecule has 0 aliphatic heterocycles. The van der Waals surface area contributed by atoms with Crippen molar-refractivity contribution in [1.82, 2.24) is 0 Å². The first-order valence-electron chi connectivity index (χ1n) is 12.9. The minimum absolute atomic E-state index is 0.0944. The van der Waals surface area contributed by atoms with Crippen LogP contribution in [0.5, 0.6) is 5.75 Å². The molecule has 0 spiro atoms. The summed E-state index contributed by atoms with van der Waals surface area (Å²) >= 11 is 0. The third kappa shape index (κ3) is 5.06. The smallest absolute Gasteiger partial charge is 0.205 e. The van der Waals surface area contributed by atoms with Crippen LogP contribution < -0.4 is 4.74 Å². The molecule has 3 aliphatic rings. The molecular formula is C28H44O2. The van der Waals surface area contributed by atoms with Crippen LogP contribution in [0, 0.1) is 23.2 Å². The van der Waals surface area contributed by atoms with E-state index in [-0.39, 0.29) is 11.7 Å². The third-order valence-electron chi connectivity index (χ3n) is 8.35. The number of hydrogen-bond acceptors (Lipinski definition) is 2. The lowest BCUT2D eigenvalue weighted by Crippen LogP contribution is -2.51. The van der Waals surface area contributed by atoms with Crippen LogP contribution in [0.15, 0.2) is 24.3 Å². The molecule has 4 rings (SSSR count). The molecule has 1 aromatic rings. The van der Waals surface area contributed by atoms with Crippen molar-refractivity contribution >= 4 is 0 Å². The Hall–Kier alpha value is -1.02. The first kappa shape index (κ1) is 22.2. The van der Waals surface area contributed by atoms with Crippen molar-refractivity contribution in [2.75, 3.05) is 0 Å². The summed E-state index contributed by atoms with van der Waals surface area (Å²) in [5, 5.41) is 0. The molecule has 0 radical (unpaired) electrons. The summed E-state index contributed by atoms with van der Waals surface area (Å²) in [5.74, 6) is 4.01. The van der Waals surface area contributed by atoms with Gasteiger partial charge in [0.15, 0.2) is 0 Å². The van der Waals surface area contributed by atoms with Gasteiger partial charge < -0.3 is 9.47 Å². The van der Waals surface area contributed by atoms with Gasteiger partial charge in [0.1, 0.15) is 5.75 Å². The Kier molecular flexibility index (Phi) is 7.12. The van der Waals surface area contributed by atoms with Crippen LogP contribution in [-0.4, -0.2) is 12.4 Å². The number of fused-ring (bicyclic) bond motifs is 2. The van der Waals surface area contributed by atoms with E-state index in [9.17, 15) is 0 Å². The fraction of sp³-hybridized carbons (Fsp3) is 0.786. The zero-order chi connectivity index (χ0) is 21.1. The van der Waals surface area contributed by atoms with Gasteiger partial charge in [-0.25, -0.2) is 0 Å². The lowest BCUT2D eigenvalue weighted by atomic mass is 9.56. The third-order valence-corrected chi connectivity index (χ3v) is 8.35. The second-order valence-electron chi connectivity index (χ2n) is 11.2. The molecule has 3 fully saturated rings. The van der Waals surface area contributed by atoms with Gasteiger partial charge in [-0.15, -0.1) is 0 Å². The summed E-state index contributed by atoms with van der Waals surface area (Å²) in [6.07, 6.45) is 14.5. The quantitative estimate of drug-likeness (QED) is 0.421. The molecule has 2 heteroatoms. The van der Waals surface area contributed by atoms with Crippen LogP contribution in [0.2, 0.25) is 0 Å². The Balaban J connectivity index is 1.57. The lowest BCUT2D eigenvalue weighted by molar-refractivity contribution is -0.222. The van der Waals surface area contributed by atoms with Gasteiger partial charge in [-0.1, -0.05) is 59.1 Å². The monoisotopic (exact) mass is 412 g/mol. The molecule has 2 nitrogen and oxygen atoms in total. The van der Waals surface area contributed by atoms with Crippen molar-refractivity contribution in [1.29, 1.82) is 0 Å². The molecule has 4 atom stereocenters. The van der Waals surface area contributed by atoms with E-state index in [4.69, 9.17) is 9.47 Å². The topological polar surface area (TPSA) is 18.5 Å². The van der Waals surface area contributed by atoms with E-state index < -0.39 is 0 Å². The summed E-state index contributed by atoms with van der Waals surface area (Å²) in [6, 6.07) is 8.89. The van der Waals surface area contributed by atoms with Gasteiger partial charge in [0.2, 0.25) is 6.29 Å². The molecule has 0 amide bonds. The fourth-order valence-corrected chi connectivity index (χ4v) is 6.98. The van der Waals surface area contributed by atoms with Crippen LogP contribution in [-0.2, 0) is 4.74 Å². The predicted molar refractivity (Wildman–Crippen MR) is 125 cm³/mol. The van der Waals surface area contributed by atoms with Crippen molar-refractivity contribution in [2.24, 2.45) is 23.2 Å². The normalized spacial score (nSPS) is 34.3. The SMILES string of the molecule is CCC(C)c1ccc(OC(OC2CCCCC2)C23CC(C)CC(CC(C)C2)C3)cc1. The Bertz CT molecular complexity index is 640. The summed E-state index contributed by atoms with van der Waals surface area (Å²) in [7, 11) is 0. The minimum atomic E-state index is -0.0944. The molecular weight excluding hydrogens is 368 g/mol. The van der Waals surface area contributed by atoms with Gasteiger partial charge in [0, 0.05) is 5.41 Å². The van der Waals surface area contributed by atoms with Crippen molar-refractivity contribution in [3.63, 3.8) is 0 Å². The highest BCUT2D eigenvalue weighted by Crippen LogP contribution is 2.55. The molecule has 2 bridgehead atoms. The Labute approximate surface area is 185 Å². The van der Waals surface area contributed by atoms with E-state index in [1.54, 1.807) is 0 Å². The molecule has 1 aromatic carbocycles. The molecule has 168 valence electrons. The van der Waals surface area contributed by atoms with Gasteiger partial charge in [-0.2, -0.15) is 0 Å². The molecule has 3 saturated carbocycles. The number of hydrogen-bond donors (Lipinski definition) is 0. The summed E-state index contributed by atoms with van der Waals surface area (Å²) in [5.41, 5.74) is 1.60. The summed E-state index contributed by atoms with van der Waals surface area (Å²) in [4.78, 5) is 0. The van der Waals surface area contributed by atoms with Crippen LogP contribution in [0.25, 0.3) is 0 Å². The number of benzene rings is 1. The molecule has 0 aromatic heterocycles. The minimum Gasteiger partial charge on any atom is -0.464 e. The first-order chi connectivity index (χ1) is 14.5. The van der Waals surface area contributed by atoms with Crippen LogP contribution >= 0.6 is 0 Å². The first-order valence-corrected chi connectivity index (χ1v) is 12.9. The highest BCUT2D eigenvalue weighted by atomic mass is 16.7. The van der Waals surface area contributed by atoms with E-state index in [2.05, 4.69) is 52.0 Å². The maximum absolute atomic E-state index is 6.88. The van der Waals surface area contributed by atoms with E-state index in [0.717, 1.165) is 23.5 Å². The number of ether oxygens (including phenoxy) is 2. The van der Waals surface area contributed by atoms with E-state index in [1.165, 1.54) is 76.2 Å². The van der Waals surface area contributed by atoms with Crippen molar-refractivity contribution in [3.8, 4) is 5.75 Å². The number of rotatable bonds is 7. The molecule has 0 heterocycles.